The van der Waals surface area contributed by atoms with Gasteiger partial charge in [-0.15, -0.1) is 11.3 Å². The highest BCUT2D eigenvalue weighted by Crippen LogP contribution is 2.47. The van der Waals surface area contributed by atoms with E-state index in [4.69, 9.17) is 19.9 Å². The first-order valence-electron chi connectivity index (χ1n) is 14.3. The Bertz CT molecular complexity index is 2450. The van der Waals surface area contributed by atoms with E-state index in [0.717, 1.165) is 38.5 Å². The lowest BCUT2D eigenvalue weighted by Gasteiger charge is -2.15. The number of nitrogens with zero attached hydrogens (tertiary/aromatic N) is 4. The van der Waals surface area contributed by atoms with E-state index in [9.17, 15) is 0 Å². The molecule has 0 N–H and O–H groups in total. The van der Waals surface area contributed by atoms with Gasteiger partial charge in [0, 0.05) is 47.5 Å². The lowest BCUT2D eigenvalue weighted by molar-refractivity contribution is 1.07. The van der Waals surface area contributed by atoms with Crippen LogP contribution in [0.3, 0.4) is 0 Å². The number of pyridine rings is 1. The molecule has 0 aliphatic rings. The summed E-state index contributed by atoms with van der Waals surface area (Å²) in [6, 6.07) is 46.0. The normalized spacial score (nSPS) is 11.7. The first-order valence-corrected chi connectivity index (χ1v) is 15.1. The van der Waals surface area contributed by atoms with Crippen molar-refractivity contribution in [3.63, 3.8) is 0 Å². The van der Waals surface area contributed by atoms with Gasteiger partial charge in [0.15, 0.2) is 17.5 Å². The van der Waals surface area contributed by atoms with Gasteiger partial charge >= 0.3 is 0 Å². The van der Waals surface area contributed by atoms with Crippen LogP contribution in [0.5, 0.6) is 0 Å². The number of fused-ring (bicyclic) bond motifs is 10. The molecule has 0 spiro atoms. The fourth-order valence-corrected chi connectivity index (χ4v) is 7.48. The first kappa shape index (κ1) is 24.1. The summed E-state index contributed by atoms with van der Waals surface area (Å²) in [4.78, 5) is 20.5. The molecular formula is C38H22N4S. The molecule has 3 aromatic heterocycles. The first-order chi connectivity index (χ1) is 21.3. The second-order valence-electron chi connectivity index (χ2n) is 10.6. The average Bonchev–Trinajstić information content (AvgIpc) is 3.48. The Morgan fingerprint density at radius 1 is 0.372 bits per heavy atom. The van der Waals surface area contributed by atoms with Crippen LogP contribution in [-0.2, 0) is 0 Å². The Morgan fingerprint density at radius 2 is 0.884 bits per heavy atom. The average molecular weight is 567 g/mol. The molecule has 0 radical (unpaired) electrons. The van der Waals surface area contributed by atoms with Gasteiger partial charge in [0.05, 0.1) is 5.52 Å². The maximum Gasteiger partial charge on any atom is 0.183 e. The molecule has 5 heteroatoms. The van der Waals surface area contributed by atoms with Crippen molar-refractivity contribution in [2.75, 3.05) is 0 Å². The van der Waals surface area contributed by atoms with E-state index < -0.39 is 0 Å². The van der Waals surface area contributed by atoms with Crippen molar-refractivity contribution >= 4 is 64.0 Å². The van der Waals surface area contributed by atoms with E-state index in [0.29, 0.717) is 17.5 Å². The van der Waals surface area contributed by atoms with E-state index in [1.165, 1.54) is 30.9 Å². The van der Waals surface area contributed by atoms with Crippen molar-refractivity contribution < 1.29 is 0 Å². The molecule has 0 saturated heterocycles. The minimum absolute atomic E-state index is 0.564. The summed E-state index contributed by atoms with van der Waals surface area (Å²) in [5, 5.41) is 8.31. The zero-order valence-electron chi connectivity index (χ0n) is 22.9. The smallest absolute Gasteiger partial charge is 0.183 e. The van der Waals surface area contributed by atoms with Crippen molar-refractivity contribution in [1.29, 1.82) is 0 Å². The summed E-state index contributed by atoms with van der Waals surface area (Å²) >= 11 is 1.84. The Hall–Kier alpha value is -5.52. The van der Waals surface area contributed by atoms with E-state index in [1.807, 2.05) is 78.1 Å². The Kier molecular flexibility index (Phi) is 5.33. The standard InChI is InChI=1S/C38H22N4S/c1-3-13-23(14-4-1)36-40-37(24-15-5-2-6-16-24)42-38(41-36)34-32-26-18-8-7-17-25(26)31-28-20-10-12-22-30(28)43-35(31)33(32)27-19-9-11-21-29(27)39-34/h1-22H. The molecule has 0 fully saturated rings. The lowest BCUT2D eigenvalue weighted by Crippen LogP contribution is -2.02. The monoisotopic (exact) mass is 566 g/mol. The minimum Gasteiger partial charge on any atom is -0.244 e. The number of benzene rings is 6. The second kappa shape index (κ2) is 9.51. The van der Waals surface area contributed by atoms with Crippen LogP contribution in [0.4, 0.5) is 0 Å². The number of hydrogen-bond donors (Lipinski definition) is 0. The largest absolute Gasteiger partial charge is 0.244 e. The number of aromatic nitrogens is 4. The molecule has 3 heterocycles. The quantitative estimate of drug-likeness (QED) is 0.200. The zero-order valence-corrected chi connectivity index (χ0v) is 23.7. The third kappa shape index (κ3) is 3.75. The van der Waals surface area contributed by atoms with Gasteiger partial charge in [0.1, 0.15) is 5.69 Å². The van der Waals surface area contributed by atoms with Gasteiger partial charge in [-0.05, 0) is 22.9 Å². The minimum atomic E-state index is 0.564. The molecule has 9 rings (SSSR count). The second-order valence-corrected chi connectivity index (χ2v) is 11.7. The maximum absolute atomic E-state index is 5.31. The molecule has 4 nitrogen and oxygen atoms in total. The summed E-state index contributed by atoms with van der Waals surface area (Å²) < 4.78 is 2.53. The van der Waals surface area contributed by atoms with E-state index >= 15 is 0 Å². The topological polar surface area (TPSA) is 51.6 Å². The molecule has 0 unspecified atom stereocenters. The molecule has 0 aliphatic carbocycles. The van der Waals surface area contributed by atoms with Crippen LogP contribution in [0.25, 0.3) is 86.9 Å². The van der Waals surface area contributed by atoms with Gasteiger partial charge in [0.2, 0.25) is 0 Å². The SMILES string of the molecule is c1ccc(-c2nc(-c3ccccc3)nc(-c3nc4ccccc4c4c5sc6ccccc6c5c5ccccc5c34)n2)cc1. The summed E-state index contributed by atoms with van der Waals surface area (Å²) in [7, 11) is 0. The van der Waals surface area contributed by atoms with Crippen LogP contribution in [0.15, 0.2) is 133 Å². The van der Waals surface area contributed by atoms with Crippen LogP contribution < -0.4 is 0 Å². The van der Waals surface area contributed by atoms with Crippen LogP contribution in [0, 0.1) is 0 Å². The predicted molar refractivity (Wildman–Crippen MR) is 179 cm³/mol. The summed E-state index contributed by atoms with van der Waals surface area (Å²) in [6.07, 6.45) is 0. The molecule has 0 atom stereocenters. The Morgan fingerprint density at radius 3 is 1.56 bits per heavy atom. The van der Waals surface area contributed by atoms with Crippen LogP contribution in [0.2, 0.25) is 0 Å². The zero-order chi connectivity index (χ0) is 28.3. The fourth-order valence-electron chi connectivity index (χ4n) is 6.19. The Labute approximate surface area is 251 Å². The molecule has 0 saturated carbocycles. The van der Waals surface area contributed by atoms with Gasteiger partial charge < -0.3 is 0 Å². The van der Waals surface area contributed by atoms with Crippen LogP contribution >= 0.6 is 11.3 Å². The molecule has 200 valence electrons. The summed E-state index contributed by atoms with van der Waals surface area (Å²) in [5.41, 5.74) is 3.55. The molecule has 9 aromatic rings. The van der Waals surface area contributed by atoms with Crippen LogP contribution in [0.1, 0.15) is 0 Å². The number of thiophene rings is 1. The van der Waals surface area contributed by atoms with Crippen molar-refractivity contribution in [2.24, 2.45) is 0 Å². The molecular weight excluding hydrogens is 545 g/mol. The number of rotatable bonds is 3. The van der Waals surface area contributed by atoms with Crippen molar-refractivity contribution in [1.82, 2.24) is 19.9 Å². The van der Waals surface area contributed by atoms with Gasteiger partial charge in [-0.25, -0.2) is 19.9 Å². The van der Waals surface area contributed by atoms with Crippen molar-refractivity contribution in [3.8, 4) is 34.3 Å². The lowest BCUT2D eigenvalue weighted by atomic mass is 9.94. The molecule has 0 amide bonds. The highest BCUT2D eigenvalue weighted by atomic mass is 32.1. The van der Waals surface area contributed by atoms with Gasteiger partial charge in [0.25, 0.3) is 0 Å². The van der Waals surface area contributed by atoms with E-state index in [2.05, 4.69) is 66.7 Å². The summed E-state index contributed by atoms with van der Waals surface area (Å²) in [5.74, 6) is 1.81. The van der Waals surface area contributed by atoms with Crippen molar-refractivity contribution in [3.05, 3.63) is 133 Å². The molecule has 0 aliphatic heterocycles. The third-order valence-corrected chi connectivity index (χ3v) is 9.28. The Balaban J connectivity index is 1.49. The molecule has 43 heavy (non-hydrogen) atoms. The molecule has 6 aromatic carbocycles. The molecule has 0 bridgehead atoms. The van der Waals surface area contributed by atoms with Gasteiger partial charge in [-0.3, -0.25) is 0 Å². The van der Waals surface area contributed by atoms with Gasteiger partial charge in [-0.2, -0.15) is 0 Å². The highest BCUT2D eigenvalue weighted by molar-refractivity contribution is 7.27. The van der Waals surface area contributed by atoms with E-state index in [1.54, 1.807) is 0 Å². The van der Waals surface area contributed by atoms with Gasteiger partial charge in [-0.1, -0.05) is 121 Å². The third-order valence-electron chi connectivity index (χ3n) is 8.09. The summed E-state index contributed by atoms with van der Waals surface area (Å²) in [6.45, 7) is 0. The highest BCUT2D eigenvalue weighted by Gasteiger charge is 2.22. The number of para-hydroxylation sites is 1. The fraction of sp³-hybridized carbons (Fsp3) is 0. The maximum atomic E-state index is 5.31. The van der Waals surface area contributed by atoms with E-state index in [-0.39, 0.29) is 0 Å². The van der Waals surface area contributed by atoms with Crippen molar-refractivity contribution in [2.45, 2.75) is 0 Å². The predicted octanol–water partition coefficient (Wildman–Crippen LogP) is 10.1. The number of hydrogen-bond acceptors (Lipinski definition) is 5. The van der Waals surface area contributed by atoms with Crippen LogP contribution in [-0.4, -0.2) is 19.9 Å².